The zero-order valence-electron chi connectivity index (χ0n) is 10.6. The average Bonchev–Trinajstić information content (AvgIpc) is 2.26. The van der Waals surface area contributed by atoms with E-state index in [2.05, 4.69) is 0 Å². The Morgan fingerprint density at radius 1 is 1.24 bits per heavy atom. The maximum atomic E-state index is 12.2. The van der Waals surface area contributed by atoms with E-state index in [1.807, 2.05) is 0 Å². The lowest BCUT2D eigenvalue weighted by Crippen LogP contribution is -2.64. The van der Waals surface area contributed by atoms with Crippen LogP contribution in [0.15, 0.2) is 0 Å². The average molecular weight is 262 g/mol. The maximum Gasteiger partial charge on any atom is 0.282 e. The highest BCUT2D eigenvalue weighted by Gasteiger charge is 2.46. The highest BCUT2D eigenvalue weighted by Crippen LogP contribution is 2.29. The van der Waals surface area contributed by atoms with Crippen LogP contribution in [-0.2, 0) is 10.2 Å². The van der Waals surface area contributed by atoms with Crippen molar-refractivity contribution >= 4 is 10.2 Å². The van der Waals surface area contributed by atoms with Crippen molar-refractivity contribution in [2.45, 2.75) is 50.7 Å². The van der Waals surface area contributed by atoms with Crippen LogP contribution in [0.25, 0.3) is 0 Å². The number of hydrogen-bond acceptors (Lipinski definition) is 3. The first-order valence-corrected chi connectivity index (χ1v) is 7.68. The molecule has 0 amide bonds. The molecule has 17 heavy (non-hydrogen) atoms. The Morgan fingerprint density at radius 3 is 2.24 bits per heavy atom. The summed E-state index contributed by atoms with van der Waals surface area (Å²) in [6.07, 6.45) is 5.35. The van der Waals surface area contributed by atoms with E-state index >= 15 is 0 Å². The molecule has 0 aromatic heterocycles. The molecule has 1 saturated carbocycles. The van der Waals surface area contributed by atoms with Crippen molar-refractivity contribution in [2.75, 3.05) is 20.1 Å². The second kappa shape index (κ2) is 4.50. The number of aliphatic hydroxyl groups is 1. The van der Waals surface area contributed by atoms with Gasteiger partial charge in [-0.05, 0) is 19.8 Å². The summed E-state index contributed by atoms with van der Waals surface area (Å²) in [6, 6.07) is 0.138. The maximum absolute atomic E-state index is 12.2. The van der Waals surface area contributed by atoms with E-state index in [9.17, 15) is 13.5 Å². The Bertz CT molecular complexity index is 366. The summed E-state index contributed by atoms with van der Waals surface area (Å²) in [5.74, 6) is 0. The van der Waals surface area contributed by atoms with Crippen LogP contribution < -0.4 is 0 Å². The number of rotatable bonds is 3. The molecule has 1 aliphatic carbocycles. The van der Waals surface area contributed by atoms with E-state index in [0.29, 0.717) is 0 Å². The van der Waals surface area contributed by atoms with E-state index in [1.165, 1.54) is 15.0 Å². The van der Waals surface area contributed by atoms with Crippen LogP contribution in [-0.4, -0.2) is 53.9 Å². The van der Waals surface area contributed by atoms with Gasteiger partial charge in [-0.15, -0.1) is 0 Å². The molecule has 0 unspecified atom stereocenters. The normalized spacial score (nSPS) is 27.1. The lowest BCUT2D eigenvalue weighted by Gasteiger charge is -2.45. The summed E-state index contributed by atoms with van der Waals surface area (Å²) in [5, 5.41) is 9.61. The smallest absolute Gasteiger partial charge is 0.282 e. The Hall–Kier alpha value is -0.170. The van der Waals surface area contributed by atoms with Crippen LogP contribution in [0.5, 0.6) is 0 Å². The molecule has 1 heterocycles. The molecule has 2 rings (SSSR count). The molecule has 0 atom stereocenters. The van der Waals surface area contributed by atoms with Crippen LogP contribution >= 0.6 is 0 Å². The molecule has 0 radical (unpaired) electrons. The van der Waals surface area contributed by atoms with Gasteiger partial charge < -0.3 is 5.11 Å². The van der Waals surface area contributed by atoms with Crippen molar-refractivity contribution in [3.63, 3.8) is 0 Å². The van der Waals surface area contributed by atoms with Gasteiger partial charge in [-0.1, -0.05) is 19.3 Å². The zero-order chi connectivity index (χ0) is 12.7. The first kappa shape index (κ1) is 13.3. The molecule has 100 valence electrons. The number of hydrogen-bond donors (Lipinski definition) is 1. The number of β-amino-alcohol motifs (C(OH)–C–C–N with tert-alkyl or cyclic N) is 1. The number of nitrogens with zero attached hydrogens (tertiary/aromatic N) is 2. The summed E-state index contributed by atoms with van der Waals surface area (Å²) < 4.78 is 27.3. The van der Waals surface area contributed by atoms with Crippen molar-refractivity contribution in [2.24, 2.45) is 0 Å². The molecule has 0 bridgehead atoms. The molecule has 0 spiro atoms. The van der Waals surface area contributed by atoms with Crippen molar-refractivity contribution in [3.05, 3.63) is 0 Å². The van der Waals surface area contributed by atoms with Crippen LogP contribution in [0.3, 0.4) is 0 Å². The summed E-state index contributed by atoms with van der Waals surface area (Å²) in [7, 11) is -1.70. The summed E-state index contributed by atoms with van der Waals surface area (Å²) >= 11 is 0. The summed E-state index contributed by atoms with van der Waals surface area (Å²) in [4.78, 5) is 0. The fourth-order valence-corrected chi connectivity index (χ4v) is 4.53. The van der Waals surface area contributed by atoms with E-state index < -0.39 is 15.8 Å². The van der Waals surface area contributed by atoms with Gasteiger partial charge in [0.05, 0.1) is 5.60 Å². The molecule has 0 aromatic rings. The molecular weight excluding hydrogens is 240 g/mol. The molecule has 2 fully saturated rings. The lowest BCUT2D eigenvalue weighted by molar-refractivity contribution is -0.0454. The van der Waals surface area contributed by atoms with Crippen LogP contribution in [0, 0.1) is 0 Å². The Kier molecular flexibility index (Phi) is 3.51. The third kappa shape index (κ3) is 2.65. The van der Waals surface area contributed by atoms with Crippen LogP contribution in [0.4, 0.5) is 0 Å². The quantitative estimate of drug-likeness (QED) is 0.808. The van der Waals surface area contributed by atoms with Gasteiger partial charge in [0.1, 0.15) is 0 Å². The second-order valence-electron chi connectivity index (χ2n) is 5.58. The van der Waals surface area contributed by atoms with E-state index in [-0.39, 0.29) is 19.1 Å². The van der Waals surface area contributed by atoms with E-state index in [4.69, 9.17) is 0 Å². The minimum Gasteiger partial charge on any atom is -0.387 e. The molecule has 1 N–H and O–H groups in total. The molecule has 6 heteroatoms. The van der Waals surface area contributed by atoms with Crippen molar-refractivity contribution < 1.29 is 13.5 Å². The fraction of sp³-hybridized carbons (Fsp3) is 1.00. The summed E-state index contributed by atoms with van der Waals surface area (Å²) in [5.41, 5.74) is -0.847. The third-order valence-electron chi connectivity index (χ3n) is 3.81. The molecule has 5 nitrogen and oxygen atoms in total. The highest BCUT2D eigenvalue weighted by atomic mass is 32.2. The zero-order valence-corrected chi connectivity index (χ0v) is 11.4. The highest BCUT2D eigenvalue weighted by molar-refractivity contribution is 7.86. The van der Waals surface area contributed by atoms with E-state index in [1.54, 1.807) is 14.0 Å². The van der Waals surface area contributed by atoms with Gasteiger partial charge in [0.15, 0.2) is 0 Å². The molecule has 0 aromatic carbocycles. The minimum absolute atomic E-state index is 0.138. The largest absolute Gasteiger partial charge is 0.387 e. The monoisotopic (exact) mass is 262 g/mol. The van der Waals surface area contributed by atoms with Crippen LogP contribution in [0.1, 0.15) is 39.0 Å². The topological polar surface area (TPSA) is 60.9 Å². The van der Waals surface area contributed by atoms with Crippen molar-refractivity contribution in [1.82, 2.24) is 8.61 Å². The first-order valence-electron chi connectivity index (χ1n) is 6.28. The van der Waals surface area contributed by atoms with Gasteiger partial charge in [-0.2, -0.15) is 17.0 Å². The predicted molar refractivity (Wildman–Crippen MR) is 65.8 cm³/mol. The fourth-order valence-electron chi connectivity index (χ4n) is 2.69. The first-order chi connectivity index (χ1) is 7.83. The van der Waals surface area contributed by atoms with Crippen LogP contribution in [0.2, 0.25) is 0 Å². The minimum atomic E-state index is -3.37. The third-order valence-corrected chi connectivity index (χ3v) is 5.75. The Labute approximate surface area is 104 Å². The van der Waals surface area contributed by atoms with Gasteiger partial charge in [0.25, 0.3) is 10.2 Å². The Balaban J connectivity index is 2.00. The Morgan fingerprint density at radius 2 is 1.76 bits per heavy atom. The molecule has 1 saturated heterocycles. The van der Waals surface area contributed by atoms with Gasteiger partial charge in [0.2, 0.25) is 0 Å². The van der Waals surface area contributed by atoms with Crippen molar-refractivity contribution in [3.8, 4) is 0 Å². The molecule has 1 aliphatic heterocycles. The lowest BCUT2D eigenvalue weighted by atomic mass is 9.96. The van der Waals surface area contributed by atoms with Crippen molar-refractivity contribution in [1.29, 1.82) is 0 Å². The molecule has 2 aliphatic rings. The summed E-state index contributed by atoms with van der Waals surface area (Å²) in [6.45, 7) is 2.10. The van der Waals surface area contributed by atoms with Gasteiger partial charge in [0, 0.05) is 26.2 Å². The second-order valence-corrected chi connectivity index (χ2v) is 7.57. The standard InChI is InChI=1S/C11H22N2O3S/c1-11(14)8-13(9-11)17(15,16)12(2)10-6-4-3-5-7-10/h10,14H,3-9H2,1-2H3. The SMILES string of the molecule is CN(C1CCCCC1)S(=O)(=O)N1CC(C)(O)C1. The van der Waals surface area contributed by atoms with E-state index in [0.717, 1.165) is 25.7 Å². The van der Waals surface area contributed by atoms with Gasteiger partial charge in [-0.25, -0.2) is 0 Å². The van der Waals surface area contributed by atoms with Gasteiger partial charge >= 0.3 is 0 Å². The molecular formula is C11H22N2O3S. The van der Waals surface area contributed by atoms with Gasteiger partial charge in [-0.3, -0.25) is 0 Å². The predicted octanol–water partition coefficient (Wildman–Crippen LogP) is 0.562.